The monoisotopic (exact) mass is 287 g/mol. The number of nitrogens with zero attached hydrogens (tertiary/aromatic N) is 1. The minimum Gasteiger partial charge on any atom is -0.399 e. The molecule has 1 aromatic carbocycles. The lowest BCUT2D eigenvalue weighted by Crippen LogP contribution is -2.41. The molecule has 112 valence electrons. The van der Waals surface area contributed by atoms with Crippen molar-refractivity contribution in [3.8, 4) is 0 Å². The minimum absolute atomic E-state index is 0.0648. The van der Waals surface area contributed by atoms with Gasteiger partial charge >= 0.3 is 0 Å². The highest BCUT2D eigenvalue weighted by Crippen LogP contribution is 2.10. The molecule has 5 heteroatoms. The minimum atomic E-state index is -0.170. The summed E-state index contributed by atoms with van der Waals surface area (Å²) in [5.41, 5.74) is 7.23. The number of rotatable bonds is 5. The van der Waals surface area contributed by atoms with Crippen LogP contribution in [0.15, 0.2) is 30.3 Å². The number of nitrogens with two attached hydrogens (primary N) is 1. The summed E-state index contributed by atoms with van der Waals surface area (Å²) in [5.74, 6) is 0.00275. The molecule has 1 aromatic rings. The highest BCUT2D eigenvalue weighted by Gasteiger charge is 2.21. The Kier molecular flexibility index (Phi) is 4.98. The Balaban J connectivity index is 1.82. The van der Waals surface area contributed by atoms with Gasteiger partial charge in [-0.05, 0) is 37.1 Å². The number of hydrogen-bond donors (Lipinski definition) is 2. The first-order valence-electron chi connectivity index (χ1n) is 7.16. The number of hydrogen-bond acceptors (Lipinski definition) is 3. The zero-order valence-corrected chi connectivity index (χ0v) is 12.2. The van der Waals surface area contributed by atoms with Gasteiger partial charge in [0.1, 0.15) is 0 Å². The Morgan fingerprint density at radius 3 is 3.00 bits per heavy atom. The van der Waals surface area contributed by atoms with E-state index in [-0.39, 0.29) is 17.9 Å². The van der Waals surface area contributed by atoms with E-state index in [1.807, 2.05) is 19.1 Å². The second-order valence-corrected chi connectivity index (χ2v) is 5.36. The topological polar surface area (TPSA) is 75.4 Å². The number of carbonyl (C=O) groups is 2. The molecular formula is C16H21N3O2. The van der Waals surface area contributed by atoms with Crippen LogP contribution in [0.3, 0.4) is 0 Å². The van der Waals surface area contributed by atoms with Crippen molar-refractivity contribution in [2.45, 2.75) is 25.8 Å². The van der Waals surface area contributed by atoms with Gasteiger partial charge in [-0.1, -0.05) is 12.1 Å². The molecule has 5 nitrogen and oxygen atoms in total. The molecule has 2 amide bonds. The molecule has 1 fully saturated rings. The van der Waals surface area contributed by atoms with Gasteiger partial charge in [0.15, 0.2) is 0 Å². The number of anilines is 1. The highest BCUT2D eigenvalue weighted by atomic mass is 16.2. The second-order valence-electron chi connectivity index (χ2n) is 5.36. The first-order valence-corrected chi connectivity index (χ1v) is 7.16. The summed E-state index contributed by atoms with van der Waals surface area (Å²) in [5, 5.41) is 2.86. The first-order chi connectivity index (χ1) is 10.0. The number of likely N-dealkylation sites (tertiary alicyclic amines) is 1. The van der Waals surface area contributed by atoms with E-state index in [9.17, 15) is 9.59 Å². The molecule has 0 saturated carbocycles. The summed E-state index contributed by atoms with van der Waals surface area (Å²) >= 11 is 0. The lowest BCUT2D eigenvalue weighted by atomic mass is 10.2. The third-order valence-corrected chi connectivity index (χ3v) is 3.39. The SMILES string of the molecule is CC(CN1CCCC1=O)NC(=O)/C=C/c1cccc(N)c1. The number of nitrogens with one attached hydrogen (secondary N) is 1. The molecule has 2 rings (SSSR count). The number of nitrogen functional groups attached to an aromatic ring is 1. The van der Waals surface area contributed by atoms with Gasteiger partial charge in [-0.15, -0.1) is 0 Å². The van der Waals surface area contributed by atoms with Crippen molar-refractivity contribution in [2.24, 2.45) is 0 Å². The van der Waals surface area contributed by atoms with Crippen molar-refractivity contribution in [3.05, 3.63) is 35.9 Å². The van der Waals surface area contributed by atoms with E-state index in [0.717, 1.165) is 18.5 Å². The van der Waals surface area contributed by atoms with Gasteiger partial charge < -0.3 is 16.0 Å². The summed E-state index contributed by atoms with van der Waals surface area (Å²) in [7, 11) is 0. The first kappa shape index (κ1) is 15.1. The second kappa shape index (κ2) is 6.92. The van der Waals surface area contributed by atoms with E-state index in [1.165, 1.54) is 6.08 Å². The summed E-state index contributed by atoms with van der Waals surface area (Å²) < 4.78 is 0. The molecule has 1 unspecified atom stereocenters. The van der Waals surface area contributed by atoms with Crippen LogP contribution >= 0.6 is 0 Å². The Hall–Kier alpha value is -2.30. The van der Waals surface area contributed by atoms with Gasteiger partial charge in [-0.25, -0.2) is 0 Å². The predicted octanol–water partition coefficient (Wildman–Crippen LogP) is 1.41. The molecule has 1 heterocycles. The maximum absolute atomic E-state index is 11.8. The van der Waals surface area contributed by atoms with Crippen LogP contribution in [0.2, 0.25) is 0 Å². The van der Waals surface area contributed by atoms with Crippen molar-refractivity contribution in [3.63, 3.8) is 0 Å². The van der Waals surface area contributed by atoms with Crippen LogP contribution in [-0.4, -0.2) is 35.8 Å². The Labute approximate surface area is 124 Å². The quantitative estimate of drug-likeness (QED) is 0.635. The molecule has 1 aliphatic heterocycles. The summed E-state index contributed by atoms with van der Waals surface area (Å²) in [6.45, 7) is 3.26. The third-order valence-electron chi connectivity index (χ3n) is 3.39. The van der Waals surface area contributed by atoms with Crippen LogP contribution < -0.4 is 11.1 Å². The van der Waals surface area contributed by atoms with E-state index >= 15 is 0 Å². The molecule has 0 bridgehead atoms. The van der Waals surface area contributed by atoms with Crippen LogP contribution in [0, 0.1) is 0 Å². The lowest BCUT2D eigenvalue weighted by molar-refractivity contribution is -0.128. The van der Waals surface area contributed by atoms with Crippen LogP contribution in [0.4, 0.5) is 5.69 Å². The zero-order chi connectivity index (χ0) is 15.2. The molecular weight excluding hydrogens is 266 g/mol. The molecule has 0 spiro atoms. The number of carbonyl (C=O) groups excluding carboxylic acids is 2. The van der Waals surface area contributed by atoms with Crippen LogP contribution in [0.5, 0.6) is 0 Å². The van der Waals surface area contributed by atoms with Crippen molar-refractivity contribution in [2.75, 3.05) is 18.8 Å². The summed E-state index contributed by atoms with van der Waals surface area (Å²) in [4.78, 5) is 25.2. The maximum Gasteiger partial charge on any atom is 0.244 e. The van der Waals surface area contributed by atoms with Gasteiger partial charge in [-0.2, -0.15) is 0 Å². The average molecular weight is 287 g/mol. The van der Waals surface area contributed by atoms with Gasteiger partial charge in [0, 0.05) is 37.3 Å². The normalized spacial score (nSPS) is 16.4. The fourth-order valence-corrected chi connectivity index (χ4v) is 2.40. The molecule has 0 radical (unpaired) electrons. The largest absolute Gasteiger partial charge is 0.399 e. The average Bonchev–Trinajstić information content (AvgIpc) is 2.82. The van der Waals surface area contributed by atoms with E-state index in [4.69, 9.17) is 5.73 Å². The molecule has 1 aliphatic rings. The predicted molar refractivity (Wildman–Crippen MR) is 83.3 cm³/mol. The summed E-state index contributed by atoms with van der Waals surface area (Å²) in [6.07, 6.45) is 4.74. The molecule has 3 N–H and O–H groups in total. The molecule has 0 aliphatic carbocycles. The molecule has 1 saturated heterocycles. The number of benzene rings is 1. The molecule has 21 heavy (non-hydrogen) atoms. The third kappa shape index (κ3) is 4.63. The van der Waals surface area contributed by atoms with Crippen molar-refractivity contribution >= 4 is 23.6 Å². The Bertz CT molecular complexity index is 554. The fourth-order valence-electron chi connectivity index (χ4n) is 2.40. The molecule has 0 aromatic heterocycles. The van der Waals surface area contributed by atoms with Crippen LogP contribution in [-0.2, 0) is 9.59 Å². The van der Waals surface area contributed by atoms with Gasteiger partial charge in [-0.3, -0.25) is 9.59 Å². The van der Waals surface area contributed by atoms with Crippen molar-refractivity contribution in [1.82, 2.24) is 10.2 Å². The van der Waals surface area contributed by atoms with Crippen LogP contribution in [0.25, 0.3) is 6.08 Å². The lowest BCUT2D eigenvalue weighted by Gasteiger charge is -2.21. The standard InChI is InChI=1S/C16H21N3O2/c1-12(11-19-9-3-6-16(19)21)18-15(20)8-7-13-4-2-5-14(17)10-13/h2,4-5,7-8,10,12H,3,6,9,11,17H2,1H3,(H,18,20)/b8-7+. The Morgan fingerprint density at radius 2 is 2.33 bits per heavy atom. The number of amides is 2. The van der Waals surface area contributed by atoms with E-state index in [0.29, 0.717) is 18.7 Å². The van der Waals surface area contributed by atoms with Gasteiger partial charge in [0.2, 0.25) is 11.8 Å². The van der Waals surface area contributed by atoms with E-state index in [1.54, 1.807) is 23.1 Å². The van der Waals surface area contributed by atoms with Crippen molar-refractivity contribution in [1.29, 1.82) is 0 Å². The van der Waals surface area contributed by atoms with Gasteiger partial charge in [0.25, 0.3) is 0 Å². The smallest absolute Gasteiger partial charge is 0.244 e. The molecule has 1 atom stereocenters. The fraction of sp³-hybridized carbons (Fsp3) is 0.375. The Morgan fingerprint density at radius 1 is 1.52 bits per heavy atom. The maximum atomic E-state index is 11.8. The van der Waals surface area contributed by atoms with Crippen molar-refractivity contribution < 1.29 is 9.59 Å². The summed E-state index contributed by atoms with van der Waals surface area (Å²) in [6, 6.07) is 7.26. The van der Waals surface area contributed by atoms with E-state index < -0.39 is 0 Å². The highest BCUT2D eigenvalue weighted by molar-refractivity contribution is 5.92. The van der Waals surface area contributed by atoms with E-state index in [2.05, 4.69) is 5.32 Å². The van der Waals surface area contributed by atoms with Gasteiger partial charge in [0.05, 0.1) is 0 Å². The van der Waals surface area contributed by atoms with Crippen LogP contribution in [0.1, 0.15) is 25.3 Å². The zero-order valence-electron chi connectivity index (χ0n) is 12.2.